The van der Waals surface area contributed by atoms with Crippen LogP contribution < -0.4 is 5.73 Å². The van der Waals surface area contributed by atoms with Gasteiger partial charge in [-0.1, -0.05) is 182 Å². The Balaban J connectivity index is 1.89. The van der Waals surface area contributed by atoms with Crippen molar-refractivity contribution >= 4 is 0 Å². The van der Waals surface area contributed by atoms with Gasteiger partial charge in [-0.3, -0.25) is 0 Å². The molecule has 6 aromatic rings. The maximum atomic E-state index is 12.1. The second-order valence-electron chi connectivity index (χ2n) is 10.8. The zero-order chi connectivity index (χ0) is 28.9. The number of benzene rings is 6. The molecule has 0 radical (unpaired) electrons. The number of hydrogen-bond donors (Lipinski definition) is 2. The van der Waals surface area contributed by atoms with Gasteiger partial charge < -0.3 is 10.8 Å². The van der Waals surface area contributed by atoms with Gasteiger partial charge in [-0.15, -0.1) is 0 Å². The molecule has 0 saturated carbocycles. The Morgan fingerprint density at radius 3 is 0.643 bits per heavy atom. The first-order valence-corrected chi connectivity index (χ1v) is 14.4. The van der Waals surface area contributed by atoms with Gasteiger partial charge in [-0.05, 0) is 33.4 Å². The second kappa shape index (κ2) is 11.6. The summed E-state index contributed by atoms with van der Waals surface area (Å²) in [6, 6.07) is 62.6. The van der Waals surface area contributed by atoms with E-state index >= 15 is 0 Å². The van der Waals surface area contributed by atoms with Gasteiger partial charge in [-0.2, -0.15) is 0 Å². The maximum absolute atomic E-state index is 12.1. The molecule has 2 heteroatoms. The van der Waals surface area contributed by atoms with Crippen LogP contribution in [0.2, 0.25) is 0 Å². The fourth-order valence-corrected chi connectivity index (χ4v) is 7.19. The third-order valence-corrected chi connectivity index (χ3v) is 8.83. The van der Waals surface area contributed by atoms with Crippen molar-refractivity contribution in [1.82, 2.24) is 0 Å². The fraction of sp³-hybridized carbons (Fsp3) is 0.100. The molecule has 0 aliphatic carbocycles. The SMILES string of the molecule is NC(CO)(C(c1ccccc1)(c1ccccc1)c1ccccc1)C(c1ccccc1)(c1ccccc1)c1ccccc1. The topological polar surface area (TPSA) is 46.2 Å². The summed E-state index contributed by atoms with van der Waals surface area (Å²) in [4.78, 5) is 0. The molecule has 0 amide bonds. The molecule has 6 rings (SSSR count). The van der Waals surface area contributed by atoms with Gasteiger partial charge in [0, 0.05) is 0 Å². The number of rotatable bonds is 9. The molecule has 0 unspecified atom stereocenters. The van der Waals surface area contributed by atoms with Gasteiger partial charge in [0.25, 0.3) is 0 Å². The van der Waals surface area contributed by atoms with Gasteiger partial charge in [0.1, 0.15) is 0 Å². The second-order valence-corrected chi connectivity index (χ2v) is 10.8. The Morgan fingerprint density at radius 1 is 0.333 bits per heavy atom. The van der Waals surface area contributed by atoms with Gasteiger partial charge in [0.15, 0.2) is 0 Å². The first kappa shape index (κ1) is 27.4. The first-order chi connectivity index (χ1) is 20.7. The van der Waals surface area contributed by atoms with Crippen LogP contribution in [-0.2, 0) is 10.8 Å². The Kier molecular flexibility index (Phi) is 7.58. The summed E-state index contributed by atoms with van der Waals surface area (Å²) >= 11 is 0. The molecule has 6 aromatic carbocycles. The van der Waals surface area contributed by atoms with Crippen LogP contribution in [0.4, 0.5) is 0 Å². The van der Waals surface area contributed by atoms with Crippen molar-refractivity contribution in [2.75, 3.05) is 6.61 Å². The van der Waals surface area contributed by atoms with Gasteiger partial charge in [0.2, 0.25) is 0 Å². The lowest BCUT2D eigenvalue weighted by Gasteiger charge is -2.59. The van der Waals surface area contributed by atoms with Crippen LogP contribution in [0.25, 0.3) is 0 Å². The van der Waals surface area contributed by atoms with E-state index in [1.807, 2.05) is 36.4 Å². The molecule has 0 fully saturated rings. The normalized spacial score (nSPS) is 12.1. The summed E-state index contributed by atoms with van der Waals surface area (Å²) in [6.07, 6.45) is 0. The maximum Gasteiger partial charge on any atom is 0.0749 e. The van der Waals surface area contributed by atoms with E-state index in [1.54, 1.807) is 0 Å². The van der Waals surface area contributed by atoms with Crippen LogP contribution in [0.5, 0.6) is 0 Å². The summed E-state index contributed by atoms with van der Waals surface area (Å²) < 4.78 is 0. The van der Waals surface area contributed by atoms with E-state index in [0.717, 1.165) is 33.4 Å². The fourth-order valence-electron chi connectivity index (χ4n) is 7.19. The third kappa shape index (κ3) is 4.11. The predicted molar refractivity (Wildman–Crippen MR) is 172 cm³/mol. The number of aliphatic hydroxyl groups is 1. The third-order valence-electron chi connectivity index (χ3n) is 8.83. The molecule has 206 valence electrons. The molecule has 0 saturated heterocycles. The lowest BCUT2D eigenvalue weighted by atomic mass is 9.45. The lowest BCUT2D eigenvalue weighted by molar-refractivity contribution is 0.105. The Hall–Kier alpha value is -4.76. The average molecular weight is 546 g/mol. The van der Waals surface area contributed by atoms with Crippen molar-refractivity contribution in [2.24, 2.45) is 5.73 Å². The summed E-state index contributed by atoms with van der Waals surface area (Å²) in [5.41, 5.74) is 10.9. The van der Waals surface area contributed by atoms with Crippen LogP contribution >= 0.6 is 0 Å². The van der Waals surface area contributed by atoms with E-state index < -0.39 is 16.4 Å². The Bertz CT molecular complexity index is 1370. The smallest absolute Gasteiger partial charge is 0.0749 e. The van der Waals surface area contributed by atoms with E-state index in [0.29, 0.717) is 0 Å². The minimum atomic E-state index is -1.35. The van der Waals surface area contributed by atoms with Gasteiger partial charge in [0.05, 0.1) is 23.0 Å². The molecule has 0 aliphatic rings. The van der Waals surface area contributed by atoms with Crippen LogP contribution in [0.15, 0.2) is 182 Å². The quantitative estimate of drug-likeness (QED) is 0.183. The molecule has 0 aliphatic heterocycles. The summed E-state index contributed by atoms with van der Waals surface area (Å²) in [7, 11) is 0. The molecule has 0 heterocycles. The van der Waals surface area contributed by atoms with Crippen molar-refractivity contribution < 1.29 is 5.11 Å². The van der Waals surface area contributed by atoms with Crippen molar-refractivity contribution in [3.8, 4) is 0 Å². The molecule has 0 bridgehead atoms. The zero-order valence-corrected chi connectivity index (χ0v) is 23.6. The predicted octanol–water partition coefficient (Wildman–Crippen LogP) is 7.75. The Morgan fingerprint density at radius 2 is 0.500 bits per heavy atom. The van der Waals surface area contributed by atoms with Crippen molar-refractivity contribution in [1.29, 1.82) is 0 Å². The highest BCUT2D eigenvalue weighted by atomic mass is 16.3. The van der Waals surface area contributed by atoms with E-state index in [9.17, 15) is 5.11 Å². The van der Waals surface area contributed by atoms with E-state index in [1.165, 1.54) is 0 Å². The molecule has 0 atom stereocenters. The van der Waals surface area contributed by atoms with Crippen molar-refractivity contribution in [3.63, 3.8) is 0 Å². The standard InChI is InChI=1S/C40H35NO/c41-38(31-42,39(32-19-7-1-8-20-32,33-21-9-2-10-22-33)34-23-11-3-12-24-34)40(35-25-13-4-14-26-35,36-27-15-5-16-28-36)37-29-17-6-18-30-37/h1-30,42H,31,41H2. The summed E-state index contributed by atoms with van der Waals surface area (Å²) in [6.45, 7) is -0.315. The zero-order valence-electron chi connectivity index (χ0n) is 23.6. The van der Waals surface area contributed by atoms with Gasteiger partial charge >= 0.3 is 0 Å². The highest BCUT2D eigenvalue weighted by Gasteiger charge is 2.64. The molecule has 0 spiro atoms. The molecular formula is C40H35NO. The minimum absolute atomic E-state index is 0.315. The minimum Gasteiger partial charge on any atom is -0.394 e. The highest BCUT2D eigenvalue weighted by Crippen LogP contribution is 2.58. The average Bonchev–Trinajstić information content (AvgIpc) is 3.08. The van der Waals surface area contributed by atoms with Crippen molar-refractivity contribution in [3.05, 3.63) is 215 Å². The summed E-state index contributed by atoms with van der Waals surface area (Å²) in [5, 5.41) is 12.1. The monoisotopic (exact) mass is 545 g/mol. The van der Waals surface area contributed by atoms with E-state index in [4.69, 9.17) is 5.73 Å². The van der Waals surface area contributed by atoms with Crippen LogP contribution in [-0.4, -0.2) is 17.3 Å². The first-order valence-electron chi connectivity index (χ1n) is 14.4. The molecule has 2 nitrogen and oxygen atoms in total. The van der Waals surface area contributed by atoms with Crippen LogP contribution in [0.1, 0.15) is 33.4 Å². The highest BCUT2D eigenvalue weighted by molar-refractivity contribution is 5.64. The Labute approximate surface area is 248 Å². The van der Waals surface area contributed by atoms with Crippen LogP contribution in [0.3, 0.4) is 0 Å². The molecule has 42 heavy (non-hydrogen) atoms. The van der Waals surface area contributed by atoms with E-state index in [2.05, 4.69) is 146 Å². The largest absolute Gasteiger partial charge is 0.394 e. The number of nitrogens with two attached hydrogens (primary N) is 1. The lowest BCUT2D eigenvalue weighted by Crippen LogP contribution is -2.73. The number of aliphatic hydroxyl groups excluding tert-OH is 1. The molecular weight excluding hydrogens is 510 g/mol. The van der Waals surface area contributed by atoms with Crippen LogP contribution in [0, 0.1) is 0 Å². The molecule has 0 aromatic heterocycles. The van der Waals surface area contributed by atoms with Crippen molar-refractivity contribution in [2.45, 2.75) is 16.4 Å². The summed E-state index contributed by atoms with van der Waals surface area (Å²) in [5.74, 6) is 0. The molecule has 3 N–H and O–H groups in total. The van der Waals surface area contributed by atoms with E-state index in [-0.39, 0.29) is 6.61 Å². The van der Waals surface area contributed by atoms with Gasteiger partial charge in [-0.25, -0.2) is 0 Å². The number of hydrogen-bond acceptors (Lipinski definition) is 2.